The summed E-state index contributed by atoms with van der Waals surface area (Å²) in [5, 5.41) is 0.684. The number of halogens is 1. The van der Waals surface area contributed by atoms with E-state index in [9.17, 15) is 0 Å². The monoisotopic (exact) mass is 647 g/mol. The molecule has 0 unspecified atom stereocenters. The van der Waals surface area contributed by atoms with E-state index in [1.807, 2.05) is 24.6 Å². The summed E-state index contributed by atoms with van der Waals surface area (Å²) in [5.74, 6) is 2.43. The third-order valence-corrected chi connectivity index (χ3v) is 12.1. The average molecular weight is 648 g/mol. The fraction of sp³-hybridized carbons (Fsp3) is 0.558. The van der Waals surface area contributed by atoms with Crippen molar-refractivity contribution in [3.05, 3.63) is 87.2 Å². The van der Waals surface area contributed by atoms with Gasteiger partial charge < -0.3 is 0 Å². The number of hydrogen-bond donors (Lipinski definition) is 0. The number of pyridine rings is 1. The summed E-state index contributed by atoms with van der Waals surface area (Å²) in [5.41, 5.74) is 9.82. The van der Waals surface area contributed by atoms with Crippen LogP contribution in [0.15, 0.2) is 58.5 Å². The quantitative estimate of drug-likeness (QED) is 0.224. The standard InChI is InChI=1S/C43H54ClN3/c44-35-27-36(29-45-42-38(31-15-5-1-6-16-31)23-13-24-39(42)32-17-7-2-8-18-32)47-37(28-35)30-46-43-40(33-19-9-3-10-20-33)25-14-26-41(43)34-21-11-4-12-22-34/h13-14,23-34H,1-12,15-22H2. The molecule has 1 heterocycles. The molecule has 3 aromatic rings. The van der Waals surface area contributed by atoms with Crippen LogP contribution in [0, 0.1) is 0 Å². The molecular formula is C43H54ClN3. The fourth-order valence-electron chi connectivity index (χ4n) is 9.36. The van der Waals surface area contributed by atoms with Gasteiger partial charge in [-0.3, -0.25) is 9.98 Å². The van der Waals surface area contributed by atoms with Crippen LogP contribution in [-0.2, 0) is 0 Å². The minimum absolute atomic E-state index is 0.608. The van der Waals surface area contributed by atoms with Crippen LogP contribution in [0.5, 0.6) is 0 Å². The van der Waals surface area contributed by atoms with Gasteiger partial charge in [0.25, 0.3) is 0 Å². The smallest absolute Gasteiger partial charge is 0.0835 e. The molecule has 0 atom stereocenters. The summed E-state index contributed by atoms with van der Waals surface area (Å²) in [6.45, 7) is 0. The summed E-state index contributed by atoms with van der Waals surface area (Å²) >= 11 is 6.76. The molecular weight excluding hydrogens is 594 g/mol. The third kappa shape index (κ3) is 8.10. The number of para-hydroxylation sites is 2. The molecule has 0 bridgehead atoms. The van der Waals surface area contributed by atoms with E-state index in [1.54, 1.807) is 0 Å². The normalized spacial score (nSPS) is 21.2. The second-order valence-electron chi connectivity index (χ2n) is 15.1. The van der Waals surface area contributed by atoms with Gasteiger partial charge in [-0.25, -0.2) is 4.98 Å². The minimum atomic E-state index is 0.608. The van der Waals surface area contributed by atoms with E-state index in [0.717, 1.165) is 11.4 Å². The zero-order valence-electron chi connectivity index (χ0n) is 28.4. The van der Waals surface area contributed by atoms with Gasteiger partial charge in [-0.15, -0.1) is 0 Å². The molecule has 4 fully saturated rings. The number of hydrogen-bond acceptors (Lipinski definition) is 3. The summed E-state index contributed by atoms with van der Waals surface area (Å²) in [6.07, 6.45) is 30.2. The van der Waals surface area contributed by atoms with Gasteiger partial charge in [0.15, 0.2) is 0 Å². The van der Waals surface area contributed by atoms with Crippen LogP contribution in [0.2, 0.25) is 5.02 Å². The molecule has 0 amide bonds. The Labute approximate surface area is 288 Å². The van der Waals surface area contributed by atoms with Crippen LogP contribution in [0.1, 0.15) is 186 Å². The van der Waals surface area contributed by atoms with Crippen LogP contribution in [-0.4, -0.2) is 17.4 Å². The Morgan fingerprint density at radius 3 is 1.06 bits per heavy atom. The Bertz CT molecular complexity index is 1350. The van der Waals surface area contributed by atoms with Crippen LogP contribution < -0.4 is 0 Å². The number of rotatable bonds is 8. The molecule has 1 aromatic heterocycles. The molecule has 0 saturated heterocycles. The maximum absolute atomic E-state index is 6.76. The maximum Gasteiger partial charge on any atom is 0.0835 e. The molecule has 0 radical (unpaired) electrons. The van der Waals surface area contributed by atoms with Crippen LogP contribution in [0.4, 0.5) is 11.4 Å². The van der Waals surface area contributed by atoms with Crippen molar-refractivity contribution in [2.24, 2.45) is 9.98 Å². The highest BCUT2D eigenvalue weighted by molar-refractivity contribution is 6.31. The second-order valence-corrected chi connectivity index (χ2v) is 15.5. The van der Waals surface area contributed by atoms with Crippen molar-refractivity contribution in [1.82, 2.24) is 4.98 Å². The van der Waals surface area contributed by atoms with E-state index in [0.29, 0.717) is 28.7 Å². The Morgan fingerprint density at radius 1 is 0.468 bits per heavy atom. The van der Waals surface area contributed by atoms with Gasteiger partial charge in [-0.1, -0.05) is 125 Å². The van der Waals surface area contributed by atoms with Crippen LogP contribution in [0.3, 0.4) is 0 Å². The fourth-order valence-corrected chi connectivity index (χ4v) is 9.59. The predicted octanol–water partition coefficient (Wildman–Crippen LogP) is 13.4. The number of aliphatic imine (C=N–C) groups is 2. The van der Waals surface area contributed by atoms with Gasteiger partial charge in [-0.2, -0.15) is 0 Å². The SMILES string of the molecule is Clc1cc(C=Nc2c(C3CCCCC3)cccc2C2CCCCC2)nc(C=Nc2c(C3CCCCC3)cccc2C2CCCCC2)c1. The van der Waals surface area contributed by atoms with Crippen molar-refractivity contribution in [3.8, 4) is 0 Å². The zero-order valence-corrected chi connectivity index (χ0v) is 29.2. The van der Waals surface area contributed by atoms with Crippen molar-refractivity contribution in [3.63, 3.8) is 0 Å². The first kappa shape index (κ1) is 32.8. The van der Waals surface area contributed by atoms with E-state index in [4.69, 9.17) is 26.6 Å². The average Bonchev–Trinajstić information content (AvgIpc) is 3.14. The van der Waals surface area contributed by atoms with Gasteiger partial charge in [-0.05, 0) is 109 Å². The molecule has 2 aromatic carbocycles. The summed E-state index contributed by atoms with van der Waals surface area (Å²) in [6, 6.07) is 17.9. The molecule has 7 rings (SSSR count). The molecule has 248 valence electrons. The lowest BCUT2D eigenvalue weighted by Gasteiger charge is -2.28. The minimum Gasteiger partial charge on any atom is -0.254 e. The van der Waals surface area contributed by atoms with Crippen molar-refractivity contribution < 1.29 is 0 Å². The zero-order chi connectivity index (χ0) is 31.8. The van der Waals surface area contributed by atoms with Crippen molar-refractivity contribution in [1.29, 1.82) is 0 Å². The lowest BCUT2D eigenvalue weighted by Crippen LogP contribution is -2.09. The lowest BCUT2D eigenvalue weighted by molar-refractivity contribution is 0.436. The molecule has 4 aliphatic rings. The first-order chi connectivity index (χ1) is 23.2. The van der Waals surface area contributed by atoms with Crippen LogP contribution >= 0.6 is 11.6 Å². The molecule has 0 spiro atoms. The van der Waals surface area contributed by atoms with Gasteiger partial charge in [0.2, 0.25) is 0 Å². The van der Waals surface area contributed by atoms with Crippen molar-refractivity contribution in [2.45, 2.75) is 152 Å². The number of aromatic nitrogens is 1. The highest BCUT2D eigenvalue weighted by atomic mass is 35.5. The first-order valence-corrected chi connectivity index (χ1v) is 19.6. The Hall–Kier alpha value is -2.78. The Morgan fingerprint density at radius 2 is 0.766 bits per heavy atom. The van der Waals surface area contributed by atoms with E-state index < -0.39 is 0 Å². The molecule has 4 saturated carbocycles. The summed E-state index contributed by atoms with van der Waals surface area (Å²) in [7, 11) is 0. The highest BCUT2D eigenvalue weighted by Crippen LogP contribution is 2.46. The van der Waals surface area contributed by atoms with E-state index >= 15 is 0 Å². The van der Waals surface area contributed by atoms with E-state index in [2.05, 4.69) is 36.4 Å². The topological polar surface area (TPSA) is 37.6 Å². The van der Waals surface area contributed by atoms with Gasteiger partial charge >= 0.3 is 0 Å². The third-order valence-electron chi connectivity index (χ3n) is 11.9. The second kappa shape index (κ2) is 16.1. The first-order valence-electron chi connectivity index (χ1n) is 19.2. The molecule has 0 N–H and O–H groups in total. The summed E-state index contributed by atoms with van der Waals surface area (Å²) < 4.78 is 0. The lowest BCUT2D eigenvalue weighted by atomic mass is 9.78. The van der Waals surface area contributed by atoms with Gasteiger partial charge in [0.1, 0.15) is 0 Å². The number of benzene rings is 2. The molecule has 47 heavy (non-hydrogen) atoms. The predicted molar refractivity (Wildman–Crippen MR) is 200 cm³/mol. The molecule has 4 aliphatic carbocycles. The summed E-state index contributed by atoms with van der Waals surface area (Å²) in [4.78, 5) is 15.6. The van der Waals surface area contributed by atoms with Crippen molar-refractivity contribution in [2.75, 3.05) is 0 Å². The Balaban J connectivity index is 1.21. The number of nitrogens with zero attached hydrogens (tertiary/aromatic N) is 3. The van der Waals surface area contributed by atoms with Crippen LogP contribution in [0.25, 0.3) is 0 Å². The van der Waals surface area contributed by atoms with E-state index in [-0.39, 0.29) is 0 Å². The van der Waals surface area contributed by atoms with E-state index in [1.165, 1.54) is 162 Å². The van der Waals surface area contributed by atoms with Crippen molar-refractivity contribution >= 4 is 35.4 Å². The maximum atomic E-state index is 6.76. The van der Waals surface area contributed by atoms with Gasteiger partial charge in [0.05, 0.1) is 35.2 Å². The highest BCUT2D eigenvalue weighted by Gasteiger charge is 2.26. The molecule has 0 aliphatic heterocycles. The largest absolute Gasteiger partial charge is 0.254 e. The van der Waals surface area contributed by atoms with Gasteiger partial charge in [0, 0.05) is 5.02 Å². The molecule has 3 nitrogen and oxygen atoms in total. The molecule has 4 heteroatoms. The Kier molecular flexibility index (Phi) is 11.2.